The van der Waals surface area contributed by atoms with Crippen molar-refractivity contribution in [1.29, 1.82) is 0 Å². The highest BCUT2D eigenvalue weighted by molar-refractivity contribution is 5.21. The molecule has 1 fully saturated rings. The van der Waals surface area contributed by atoms with E-state index < -0.39 is 0 Å². The van der Waals surface area contributed by atoms with E-state index >= 15 is 0 Å². The van der Waals surface area contributed by atoms with Crippen LogP contribution in [0.4, 0.5) is 0 Å². The predicted octanol–water partition coefficient (Wildman–Crippen LogP) is 1.78. The highest BCUT2D eigenvalue weighted by atomic mass is 15.1. The van der Waals surface area contributed by atoms with Crippen LogP contribution in [0, 0.1) is 12.8 Å². The number of hydrogen-bond acceptors (Lipinski definition) is 2. The molecule has 15 heavy (non-hydrogen) atoms. The number of nitrogens with two attached hydrogens (primary N) is 1. The van der Waals surface area contributed by atoms with Gasteiger partial charge in [0, 0.05) is 13.1 Å². The smallest absolute Gasteiger partial charge is 0.0233 e. The second kappa shape index (κ2) is 4.77. The highest BCUT2D eigenvalue weighted by Crippen LogP contribution is 2.17. The zero-order valence-electron chi connectivity index (χ0n) is 9.45. The summed E-state index contributed by atoms with van der Waals surface area (Å²) in [4.78, 5) is 2.50. The first kappa shape index (κ1) is 10.7. The van der Waals surface area contributed by atoms with Crippen molar-refractivity contribution in [3.63, 3.8) is 0 Å². The average molecular weight is 204 g/mol. The van der Waals surface area contributed by atoms with Crippen molar-refractivity contribution in [3.05, 3.63) is 35.4 Å². The van der Waals surface area contributed by atoms with Gasteiger partial charge in [-0.1, -0.05) is 29.8 Å². The molecule has 1 heterocycles. The zero-order valence-corrected chi connectivity index (χ0v) is 9.45. The van der Waals surface area contributed by atoms with Crippen LogP contribution in [-0.4, -0.2) is 24.5 Å². The topological polar surface area (TPSA) is 29.3 Å². The maximum Gasteiger partial charge on any atom is 0.0233 e. The molecule has 2 heteroatoms. The van der Waals surface area contributed by atoms with Gasteiger partial charge in [-0.15, -0.1) is 0 Å². The minimum Gasteiger partial charge on any atom is -0.330 e. The Morgan fingerprint density at radius 3 is 2.67 bits per heavy atom. The van der Waals surface area contributed by atoms with E-state index in [1.54, 1.807) is 0 Å². The first-order valence-electron chi connectivity index (χ1n) is 5.76. The predicted molar refractivity (Wildman–Crippen MR) is 63.6 cm³/mol. The van der Waals surface area contributed by atoms with Gasteiger partial charge >= 0.3 is 0 Å². The lowest BCUT2D eigenvalue weighted by Gasteiger charge is -2.15. The Kier molecular flexibility index (Phi) is 3.39. The highest BCUT2D eigenvalue weighted by Gasteiger charge is 2.20. The molecule has 1 atom stereocenters. The Bertz CT molecular complexity index is 305. The summed E-state index contributed by atoms with van der Waals surface area (Å²) in [6, 6.07) is 8.83. The van der Waals surface area contributed by atoms with E-state index in [0.717, 1.165) is 19.0 Å². The fraction of sp³-hybridized carbons (Fsp3) is 0.538. The van der Waals surface area contributed by atoms with Gasteiger partial charge < -0.3 is 5.73 Å². The molecule has 0 amide bonds. The Labute approximate surface area is 92.1 Å². The molecular formula is C13H20N2. The Morgan fingerprint density at radius 2 is 2.07 bits per heavy atom. The second-order valence-electron chi connectivity index (χ2n) is 4.61. The van der Waals surface area contributed by atoms with Crippen LogP contribution in [0.3, 0.4) is 0 Å². The van der Waals surface area contributed by atoms with E-state index in [9.17, 15) is 0 Å². The summed E-state index contributed by atoms with van der Waals surface area (Å²) in [5.41, 5.74) is 8.43. The maximum atomic E-state index is 5.68. The lowest BCUT2D eigenvalue weighted by molar-refractivity contribution is 0.318. The summed E-state index contributed by atoms with van der Waals surface area (Å²) >= 11 is 0. The molecule has 1 aliphatic rings. The van der Waals surface area contributed by atoms with E-state index in [1.165, 1.54) is 30.6 Å². The van der Waals surface area contributed by atoms with Crippen LogP contribution in [0.2, 0.25) is 0 Å². The first-order valence-corrected chi connectivity index (χ1v) is 5.76. The fourth-order valence-corrected chi connectivity index (χ4v) is 2.20. The molecule has 0 radical (unpaired) electrons. The lowest BCUT2D eigenvalue weighted by atomic mass is 10.1. The molecule has 2 rings (SSSR count). The Hall–Kier alpha value is -0.860. The van der Waals surface area contributed by atoms with Crippen molar-refractivity contribution < 1.29 is 0 Å². The second-order valence-corrected chi connectivity index (χ2v) is 4.61. The molecule has 1 saturated heterocycles. The van der Waals surface area contributed by atoms with Gasteiger partial charge in [0.05, 0.1) is 0 Å². The van der Waals surface area contributed by atoms with Crippen molar-refractivity contribution in [1.82, 2.24) is 4.90 Å². The van der Waals surface area contributed by atoms with Gasteiger partial charge in [0.2, 0.25) is 0 Å². The summed E-state index contributed by atoms with van der Waals surface area (Å²) in [6.45, 7) is 6.42. The minimum atomic E-state index is 0.718. The van der Waals surface area contributed by atoms with Gasteiger partial charge in [0.15, 0.2) is 0 Å². The van der Waals surface area contributed by atoms with Crippen LogP contribution < -0.4 is 5.73 Å². The number of hydrogen-bond donors (Lipinski definition) is 1. The van der Waals surface area contributed by atoms with Crippen molar-refractivity contribution >= 4 is 0 Å². The van der Waals surface area contributed by atoms with Gasteiger partial charge in [0.25, 0.3) is 0 Å². The first-order chi connectivity index (χ1) is 7.28. The zero-order chi connectivity index (χ0) is 10.7. The molecule has 0 unspecified atom stereocenters. The summed E-state index contributed by atoms with van der Waals surface area (Å²) < 4.78 is 0. The molecule has 82 valence electrons. The summed E-state index contributed by atoms with van der Waals surface area (Å²) in [6.07, 6.45) is 1.27. The third-order valence-electron chi connectivity index (χ3n) is 3.23. The third-order valence-corrected chi connectivity index (χ3v) is 3.23. The summed E-state index contributed by atoms with van der Waals surface area (Å²) in [7, 11) is 0. The molecule has 2 N–H and O–H groups in total. The molecule has 2 nitrogen and oxygen atoms in total. The fourth-order valence-electron chi connectivity index (χ4n) is 2.20. The van der Waals surface area contributed by atoms with E-state index in [0.29, 0.717) is 0 Å². The van der Waals surface area contributed by atoms with Gasteiger partial charge in [-0.3, -0.25) is 4.90 Å². The number of likely N-dealkylation sites (tertiary alicyclic amines) is 1. The maximum absolute atomic E-state index is 5.68. The molecule has 0 aliphatic carbocycles. The lowest BCUT2D eigenvalue weighted by Crippen LogP contribution is -2.22. The van der Waals surface area contributed by atoms with Crippen LogP contribution in [0.1, 0.15) is 17.5 Å². The standard InChI is InChI=1S/C13H20N2/c1-11-2-4-12(5-3-11)9-15-7-6-13(8-14)10-15/h2-5,13H,6-10,14H2,1H3/t13-/m1/s1. The molecule has 1 aliphatic heterocycles. The number of rotatable bonds is 3. The summed E-state index contributed by atoms with van der Waals surface area (Å²) in [5, 5.41) is 0. The molecular weight excluding hydrogens is 184 g/mol. The van der Waals surface area contributed by atoms with Crippen molar-refractivity contribution in [2.45, 2.75) is 19.9 Å². The molecule has 0 saturated carbocycles. The average Bonchev–Trinajstić information content (AvgIpc) is 2.69. The number of benzene rings is 1. The van der Waals surface area contributed by atoms with Gasteiger partial charge in [-0.25, -0.2) is 0 Å². The van der Waals surface area contributed by atoms with Crippen LogP contribution in [0.15, 0.2) is 24.3 Å². The third kappa shape index (κ3) is 2.80. The van der Waals surface area contributed by atoms with E-state index in [2.05, 4.69) is 36.1 Å². The molecule has 0 bridgehead atoms. The van der Waals surface area contributed by atoms with E-state index in [4.69, 9.17) is 5.73 Å². The largest absolute Gasteiger partial charge is 0.330 e. The van der Waals surface area contributed by atoms with Gasteiger partial charge in [0.1, 0.15) is 0 Å². The minimum absolute atomic E-state index is 0.718. The normalized spacial score (nSPS) is 22.1. The Morgan fingerprint density at radius 1 is 1.33 bits per heavy atom. The SMILES string of the molecule is Cc1ccc(CN2CC[C@H](CN)C2)cc1. The quantitative estimate of drug-likeness (QED) is 0.813. The van der Waals surface area contributed by atoms with E-state index in [-0.39, 0.29) is 0 Å². The van der Waals surface area contributed by atoms with E-state index in [1.807, 2.05) is 0 Å². The summed E-state index contributed by atoms with van der Waals surface area (Å²) in [5.74, 6) is 0.718. The van der Waals surface area contributed by atoms with Crippen molar-refractivity contribution in [2.75, 3.05) is 19.6 Å². The van der Waals surface area contributed by atoms with Gasteiger partial charge in [-0.2, -0.15) is 0 Å². The van der Waals surface area contributed by atoms with Crippen LogP contribution >= 0.6 is 0 Å². The molecule has 0 spiro atoms. The van der Waals surface area contributed by atoms with Crippen LogP contribution in [0.5, 0.6) is 0 Å². The van der Waals surface area contributed by atoms with Crippen molar-refractivity contribution in [2.24, 2.45) is 11.7 Å². The molecule has 1 aromatic carbocycles. The number of aryl methyl sites for hydroxylation is 1. The molecule has 0 aromatic heterocycles. The monoisotopic (exact) mass is 204 g/mol. The van der Waals surface area contributed by atoms with Crippen LogP contribution in [-0.2, 0) is 6.54 Å². The molecule has 1 aromatic rings. The Balaban J connectivity index is 1.90. The number of nitrogens with zero attached hydrogens (tertiary/aromatic N) is 1. The van der Waals surface area contributed by atoms with Crippen molar-refractivity contribution in [3.8, 4) is 0 Å². The van der Waals surface area contributed by atoms with Crippen LogP contribution in [0.25, 0.3) is 0 Å². The van der Waals surface area contributed by atoms with Gasteiger partial charge in [-0.05, 0) is 37.9 Å².